The molecule has 0 aliphatic rings. The van der Waals surface area contributed by atoms with Crippen LogP contribution in [0, 0.1) is 0 Å². The van der Waals surface area contributed by atoms with Gasteiger partial charge < -0.3 is 9.35 Å². The third-order valence-corrected chi connectivity index (χ3v) is 9.99. The van der Waals surface area contributed by atoms with Crippen molar-refractivity contribution in [1.29, 1.82) is 0 Å². The van der Waals surface area contributed by atoms with E-state index < -0.39 is 10.1 Å². The van der Waals surface area contributed by atoms with Crippen molar-refractivity contribution in [3.8, 4) is 0 Å². The van der Waals surface area contributed by atoms with Crippen molar-refractivity contribution in [3.05, 3.63) is 41.5 Å². The topological polar surface area (TPSA) is 74.3 Å². The van der Waals surface area contributed by atoms with Gasteiger partial charge in [0.1, 0.15) is 16.9 Å². The van der Waals surface area contributed by atoms with Gasteiger partial charge in [-0.1, -0.05) is 185 Å². The first kappa shape index (κ1) is 44.3. The Labute approximate surface area is 300 Å². The van der Waals surface area contributed by atoms with Gasteiger partial charge >= 0.3 is 29.6 Å². The molecule has 0 aliphatic carbocycles. The predicted octanol–water partition coefficient (Wildman–Crippen LogP) is 9.05. The molecule has 0 aromatic heterocycles. The third-order valence-electron chi connectivity index (χ3n) is 9.03. The van der Waals surface area contributed by atoms with Gasteiger partial charge in [0.05, 0.1) is 4.90 Å². The van der Waals surface area contributed by atoms with Gasteiger partial charge in [-0.15, -0.1) is 0 Å². The number of carbonyl (C=O) groups is 1. The molecule has 2 aromatic carbocycles. The second-order valence-electron chi connectivity index (χ2n) is 12.8. The molecule has 2 aromatic rings. The van der Waals surface area contributed by atoms with Crippen LogP contribution in [0.3, 0.4) is 0 Å². The maximum atomic E-state index is 12.6. The molecule has 0 heterocycles. The molecule has 0 radical (unpaired) electrons. The van der Waals surface area contributed by atoms with Crippen LogP contribution in [0.4, 0.5) is 0 Å². The molecule has 252 valence electrons. The van der Waals surface area contributed by atoms with Crippen molar-refractivity contribution < 1.29 is 47.3 Å². The van der Waals surface area contributed by atoms with Gasteiger partial charge in [-0.05, 0) is 47.6 Å². The molecular formula is C39H65NaO4S. The maximum absolute atomic E-state index is 12.6. The Balaban J connectivity index is 0.00000632. The zero-order valence-corrected chi connectivity index (χ0v) is 32.3. The molecule has 2 rings (SSSR count). The van der Waals surface area contributed by atoms with Crippen LogP contribution in [0.2, 0.25) is 0 Å². The second-order valence-corrected chi connectivity index (χ2v) is 14.1. The van der Waals surface area contributed by atoms with Gasteiger partial charge in [0.25, 0.3) is 0 Å². The summed E-state index contributed by atoms with van der Waals surface area (Å²) in [6, 6.07) is 9.69. The van der Waals surface area contributed by atoms with Gasteiger partial charge in [0.2, 0.25) is 0 Å². The fraction of sp³-hybridized carbons (Fsp3) is 0.718. The van der Waals surface area contributed by atoms with E-state index in [2.05, 4.69) is 19.9 Å². The van der Waals surface area contributed by atoms with E-state index in [1.54, 1.807) is 6.07 Å². The SMILES string of the molecule is C=O.CCCCCCCCCCCCCCc1cc2ccccc2c(S(=O)(=O)[O-])c1CCCCCCCCCCCCCC.[Na+]. The van der Waals surface area contributed by atoms with Gasteiger partial charge in [-0.2, -0.15) is 0 Å². The van der Waals surface area contributed by atoms with E-state index >= 15 is 0 Å². The third kappa shape index (κ3) is 20.3. The Morgan fingerprint density at radius 3 is 1.31 bits per heavy atom. The van der Waals surface area contributed by atoms with Crippen molar-refractivity contribution in [1.82, 2.24) is 0 Å². The zero-order valence-electron chi connectivity index (χ0n) is 29.5. The van der Waals surface area contributed by atoms with Crippen molar-refractivity contribution in [3.63, 3.8) is 0 Å². The Morgan fingerprint density at radius 1 is 0.556 bits per heavy atom. The van der Waals surface area contributed by atoms with E-state index in [0.29, 0.717) is 11.8 Å². The largest absolute Gasteiger partial charge is 1.00 e. The Bertz CT molecular complexity index is 1090. The minimum Gasteiger partial charge on any atom is -0.744 e. The summed E-state index contributed by atoms with van der Waals surface area (Å²) < 4.78 is 37.7. The molecule has 0 spiro atoms. The monoisotopic (exact) mass is 652 g/mol. The van der Waals surface area contributed by atoms with Crippen LogP contribution < -0.4 is 29.6 Å². The summed E-state index contributed by atoms with van der Waals surface area (Å²) in [6.07, 6.45) is 32.5. The summed E-state index contributed by atoms with van der Waals surface area (Å²) >= 11 is 0. The average molecular weight is 653 g/mol. The minimum absolute atomic E-state index is 0. The average Bonchev–Trinajstić information content (AvgIpc) is 3.02. The molecule has 45 heavy (non-hydrogen) atoms. The minimum atomic E-state index is -4.55. The quantitative estimate of drug-likeness (QED) is 0.0548. The zero-order chi connectivity index (χ0) is 32.3. The molecule has 0 N–H and O–H groups in total. The number of unbranched alkanes of at least 4 members (excludes halogenated alkanes) is 22. The van der Waals surface area contributed by atoms with Crippen molar-refractivity contribution in [2.75, 3.05) is 0 Å². The molecule has 0 saturated heterocycles. The fourth-order valence-electron chi connectivity index (χ4n) is 6.49. The maximum Gasteiger partial charge on any atom is 1.00 e. The predicted molar refractivity (Wildman–Crippen MR) is 189 cm³/mol. The molecule has 4 nitrogen and oxygen atoms in total. The van der Waals surface area contributed by atoms with Gasteiger partial charge in [-0.3, -0.25) is 0 Å². The Kier molecular flexibility index (Phi) is 29.0. The van der Waals surface area contributed by atoms with Crippen LogP contribution in [0.25, 0.3) is 10.8 Å². The van der Waals surface area contributed by atoms with E-state index in [1.807, 2.05) is 25.0 Å². The summed E-state index contributed by atoms with van der Waals surface area (Å²) in [6.45, 7) is 6.53. The van der Waals surface area contributed by atoms with Gasteiger partial charge in [-0.25, -0.2) is 8.42 Å². The first-order valence-electron chi connectivity index (χ1n) is 18.3. The van der Waals surface area contributed by atoms with E-state index in [0.717, 1.165) is 42.2 Å². The standard InChI is InChI=1S/C38H64O3S.CH2O.Na/c1-3-5-7-9-11-13-15-17-19-21-23-25-29-34-33-35-30-27-28-32-37(35)38(42(39,40)41)36(34)31-26-24-22-20-18-16-14-12-10-8-6-4-2;1-2;/h27-28,30,32-33H,3-26,29,31H2,1-2H3,(H,39,40,41);1H2;/q;;+1/p-1. The summed E-state index contributed by atoms with van der Waals surface area (Å²) in [7, 11) is -4.55. The normalized spacial score (nSPS) is 11.3. The van der Waals surface area contributed by atoms with Gasteiger partial charge in [0.15, 0.2) is 0 Å². The summed E-state index contributed by atoms with van der Waals surface area (Å²) in [5.41, 5.74) is 1.89. The molecule has 0 fully saturated rings. The fourth-order valence-corrected chi connectivity index (χ4v) is 7.48. The van der Waals surface area contributed by atoms with E-state index in [1.165, 1.54) is 135 Å². The van der Waals surface area contributed by atoms with Crippen LogP contribution in [0.5, 0.6) is 0 Å². The number of hydrogen-bond donors (Lipinski definition) is 0. The number of benzene rings is 2. The molecule has 0 unspecified atom stereocenters. The molecule has 0 saturated carbocycles. The van der Waals surface area contributed by atoms with E-state index in [9.17, 15) is 13.0 Å². The van der Waals surface area contributed by atoms with Crippen LogP contribution in [-0.2, 0) is 27.8 Å². The smallest absolute Gasteiger partial charge is 0.744 e. The van der Waals surface area contributed by atoms with Gasteiger partial charge in [0, 0.05) is 0 Å². The summed E-state index contributed by atoms with van der Waals surface area (Å²) in [4.78, 5) is 8.05. The first-order chi connectivity index (χ1) is 21.5. The number of hydrogen-bond acceptors (Lipinski definition) is 4. The van der Waals surface area contributed by atoms with E-state index in [-0.39, 0.29) is 34.5 Å². The van der Waals surface area contributed by atoms with Crippen molar-refractivity contribution in [2.24, 2.45) is 0 Å². The van der Waals surface area contributed by atoms with E-state index in [4.69, 9.17) is 4.79 Å². The van der Waals surface area contributed by atoms with Crippen molar-refractivity contribution >= 4 is 27.7 Å². The molecule has 6 heteroatoms. The second kappa shape index (κ2) is 29.4. The Hall–Kier alpha value is -0.720. The van der Waals surface area contributed by atoms with Crippen LogP contribution in [0.15, 0.2) is 35.2 Å². The molecule has 0 aliphatic heterocycles. The molecule has 0 bridgehead atoms. The number of rotatable bonds is 27. The van der Waals surface area contributed by atoms with Crippen LogP contribution in [0.1, 0.15) is 179 Å². The number of carbonyl (C=O) groups excluding carboxylic acids is 1. The van der Waals surface area contributed by atoms with Crippen LogP contribution >= 0.6 is 0 Å². The van der Waals surface area contributed by atoms with Crippen LogP contribution in [-0.4, -0.2) is 19.8 Å². The number of fused-ring (bicyclic) bond motifs is 1. The first-order valence-corrected chi connectivity index (χ1v) is 19.7. The Morgan fingerprint density at radius 2 is 0.911 bits per heavy atom. The summed E-state index contributed by atoms with van der Waals surface area (Å²) in [5, 5.41) is 1.47. The summed E-state index contributed by atoms with van der Waals surface area (Å²) in [5.74, 6) is 0. The molecule has 0 amide bonds. The molecular weight excluding hydrogens is 587 g/mol. The molecule has 0 atom stereocenters. The number of aryl methyl sites for hydroxylation is 1. The van der Waals surface area contributed by atoms with Crippen molar-refractivity contribution in [2.45, 2.75) is 186 Å².